The number of amides is 1. The van der Waals surface area contributed by atoms with Gasteiger partial charge < -0.3 is 10.6 Å². The maximum atomic E-state index is 13.0. The third-order valence-electron chi connectivity index (χ3n) is 5.30. The van der Waals surface area contributed by atoms with Gasteiger partial charge >= 0.3 is 6.18 Å². The third kappa shape index (κ3) is 5.41. The van der Waals surface area contributed by atoms with Crippen LogP contribution in [0.3, 0.4) is 0 Å². The predicted octanol–water partition coefficient (Wildman–Crippen LogP) is 5.46. The number of nitrogens with one attached hydrogen (secondary N) is 2. The van der Waals surface area contributed by atoms with Gasteiger partial charge in [-0.15, -0.1) is 0 Å². The van der Waals surface area contributed by atoms with Crippen molar-refractivity contribution in [2.75, 3.05) is 11.9 Å². The van der Waals surface area contributed by atoms with Gasteiger partial charge in [0.15, 0.2) is 0 Å². The van der Waals surface area contributed by atoms with Gasteiger partial charge in [-0.05, 0) is 62.3 Å². The number of benzene rings is 1. The minimum absolute atomic E-state index is 0.0686. The van der Waals surface area contributed by atoms with Crippen LogP contribution in [0.1, 0.15) is 47.2 Å². The van der Waals surface area contributed by atoms with Crippen molar-refractivity contribution in [2.24, 2.45) is 5.92 Å². The summed E-state index contributed by atoms with van der Waals surface area (Å²) < 4.78 is 39.0. The molecule has 0 spiro atoms. The minimum atomic E-state index is -4.59. The molecule has 0 atom stereocenters. The van der Waals surface area contributed by atoms with E-state index >= 15 is 0 Å². The second kappa shape index (κ2) is 9.03. The first-order valence-electron chi connectivity index (χ1n) is 9.57. The molecule has 1 aromatic carbocycles. The summed E-state index contributed by atoms with van der Waals surface area (Å²) in [6.45, 7) is 2.80. The third-order valence-corrected chi connectivity index (χ3v) is 5.71. The van der Waals surface area contributed by atoms with Crippen molar-refractivity contribution >= 4 is 23.3 Å². The summed E-state index contributed by atoms with van der Waals surface area (Å²) >= 11 is 5.85. The number of pyridine rings is 1. The molecule has 3 rings (SSSR count). The summed E-state index contributed by atoms with van der Waals surface area (Å²) in [5.74, 6) is 0.774. The summed E-state index contributed by atoms with van der Waals surface area (Å²) in [5, 5.41) is 5.65. The quantitative estimate of drug-likeness (QED) is 0.668. The number of alkyl halides is 3. The Bertz CT molecular complexity index is 864. The maximum absolute atomic E-state index is 13.0. The lowest BCUT2D eigenvalue weighted by atomic mass is 9.86. The molecule has 0 radical (unpaired) electrons. The molecule has 1 aliphatic rings. The van der Waals surface area contributed by atoms with Crippen molar-refractivity contribution in [3.8, 4) is 0 Å². The fourth-order valence-electron chi connectivity index (χ4n) is 3.61. The molecule has 0 bridgehead atoms. The van der Waals surface area contributed by atoms with Crippen molar-refractivity contribution in [1.82, 2.24) is 10.3 Å². The van der Waals surface area contributed by atoms with Crippen LogP contribution in [0.4, 0.5) is 19.0 Å². The van der Waals surface area contributed by atoms with E-state index in [0.29, 0.717) is 5.92 Å². The highest BCUT2D eigenvalue weighted by atomic mass is 35.5. The first-order valence-corrected chi connectivity index (χ1v) is 9.95. The molecule has 2 aromatic rings. The van der Waals surface area contributed by atoms with Crippen LogP contribution < -0.4 is 10.6 Å². The Morgan fingerprint density at radius 1 is 1.17 bits per heavy atom. The van der Waals surface area contributed by atoms with Gasteiger partial charge in [-0.25, -0.2) is 4.98 Å². The molecule has 8 heteroatoms. The Labute approximate surface area is 172 Å². The largest absolute Gasteiger partial charge is 0.417 e. The Hall–Kier alpha value is -2.28. The van der Waals surface area contributed by atoms with Gasteiger partial charge in [-0.2, -0.15) is 13.2 Å². The van der Waals surface area contributed by atoms with Crippen LogP contribution in [-0.4, -0.2) is 23.5 Å². The lowest BCUT2D eigenvalue weighted by Gasteiger charge is -2.29. The average molecular weight is 426 g/mol. The molecular formula is C21H23ClF3N3O. The van der Waals surface area contributed by atoms with Crippen LogP contribution in [0, 0.1) is 12.8 Å². The van der Waals surface area contributed by atoms with Gasteiger partial charge in [-0.3, -0.25) is 4.79 Å². The molecule has 1 heterocycles. The van der Waals surface area contributed by atoms with Crippen molar-refractivity contribution in [1.29, 1.82) is 0 Å². The second-order valence-electron chi connectivity index (χ2n) is 7.41. The number of aryl methyl sites for hydroxylation is 1. The summed E-state index contributed by atoms with van der Waals surface area (Å²) in [5.41, 5.74) is -0.0475. The van der Waals surface area contributed by atoms with Crippen LogP contribution in [0.25, 0.3) is 0 Å². The molecule has 1 aromatic heterocycles. The number of hydrogen-bond donors (Lipinski definition) is 2. The monoisotopic (exact) mass is 425 g/mol. The average Bonchev–Trinajstić information content (AvgIpc) is 2.67. The minimum Gasteiger partial charge on any atom is -0.370 e. The molecule has 4 nitrogen and oxygen atoms in total. The van der Waals surface area contributed by atoms with Crippen LogP contribution in [0.15, 0.2) is 36.5 Å². The highest BCUT2D eigenvalue weighted by Gasteiger charge is 2.35. The van der Waals surface area contributed by atoms with E-state index in [2.05, 4.69) is 15.6 Å². The summed E-state index contributed by atoms with van der Waals surface area (Å²) in [4.78, 5) is 16.8. The molecule has 1 amide bonds. The van der Waals surface area contributed by atoms with Gasteiger partial charge in [0.1, 0.15) is 5.82 Å². The zero-order valence-electron chi connectivity index (χ0n) is 16.0. The van der Waals surface area contributed by atoms with Gasteiger partial charge in [0, 0.05) is 18.8 Å². The van der Waals surface area contributed by atoms with E-state index in [4.69, 9.17) is 11.6 Å². The molecule has 1 aliphatic carbocycles. The van der Waals surface area contributed by atoms with E-state index < -0.39 is 22.7 Å². The highest BCUT2D eigenvalue weighted by Crippen LogP contribution is 2.36. The van der Waals surface area contributed by atoms with Crippen LogP contribution in [0.2, 0.25) is 5.02 Å². The zero-order chi connectivity index (χ0) is 21.0. The van der Waals surface area contributed by atoms with Crippen molar-refractivity contribution in [3.63, 3.8) is 0 Å². The number of carbonyl (C=O) groups excluding carboxylic acids is 1. The molecule has 1 fully saturated rings. The van der Waals surface area contributed by atoms with Gasteiger partial charge in [0.05, 0.1) is 16.1 Å². The first-order chi connectivity index (χ1) is 13.8. The normalized spacial score (nSPS) is 19.6. The maximum Gasteiger partial charge on any atom is 0.417 e. The number of carbonyl (C=O) groups is 1. The smallest absolute Gasteiger partial charge is 0.370 e. The fourth-order valence-corrected chi connectivity index (χ4v) is 3.93. The second-order valence-corrected chi connectivity index (χ2v) is 7.78. The number of aromatic nitrogens is 1. The lowest BCUT2D eigenvalue weighted by Crippen LogP contribution is -2.38. The van der Waals surface area contributed by atoms with Crippen LogP contribution >= 0.6 is 11.6 Å². The van der Waals surface area contributed by atoms with E-state index in [1.165, 1.54) is 12.1 Å². The van der Waals surface area contributed by atoms with Gasteiger partial charge in [-0.1, -0.05) is 23.7 Å². The highest BCUT2D eigenvalue weighted by molar-refractivity contribution is 6.34. The number of anilines is 1. The van der Waals surface area contributed by atoms with Crippen LogP contribution in [-0.2, 0) is 6.18 Å². The fraction of sp³-hybridized carbons (Fsp3) is 0.429. The number of rotatable bonds is 5. The molecule has 156 valence electrons. The van der Waals surface area contributed by atoms with Gasteiger partial charge in [0.25, 0.3) is 5.91 Å². The topological polar surface area (TPSA) is 54.0 Å². The zero-order valence-corrected chi connectivity index (χ0v) is 16.8. The van der Waals surface area contributed by atoms with E-state index in [-0.39, 0.29) is 11.6 Å². The number of halogens is 4. The summed E-state index contributed by atoms with van der Waals surface area (Å²) in [6.07, 6.45) is 0.539. The van der Waals surface area contributed by atoms with Crippen molar-refractivity contribution in [3.05, 3.63) is 58.2 Å². The molecule has 29 heavy (non-hydrogen) atoms. The van der Waals surface area contributed by atoms with E-state index in [0.717, 1.165) is 49.7 Å². The molecule has 1 saturated carbocycles. The SMILES string of the molecule is Cc1cccnc1NCC1CCC(NC(=O)c2cccc(C(F)(F)F)c2Cl)CC1. The standard InChI is InChI=1S/C21H23ClF3N3O/c1-13-4-3-11-26-19(13)27-12-14-7-9-15(10-8-14)28-20(29)16-5-2-6-17(18(16)22)21(23,24)25/h2-6,11,14-15H,7-10,12H2,1H3,(H,26,27)(H,28,29). The Morgan fingerprint density at radius 3 is 2.55 bits per heavy atom. The van der Waals surface area contributed by atoms with E-state index in [9.17, 15) is 18.0 Å². The summed E-state index contributed by atoms with van der Waals surface area (Å²) in [7, 11) is 0. The van der Waals surface area contributed by atoms with E-state index in [1.807, 2.05) is 19.1 Å². The Kier molecular flexibility index (Phi) is 6.67. The molecule has 0 saturated heterocycles. The molecular weight excluding hydrogens is 403 g/mol. The van der Waals surface area contributed by atoms with Crippen molar-refractivity contribution < 1.29 is 18.0 Å². The summed E-state index contributed by atoms with van der Waals surface area (Å²) in [6, 6.07) is 7.22. The Balaban J connectivity index is 1.52. The molecule has 0 aliphatic heterocycles. The lowest BCUT2D eigenvalue weighted by molar-refractivity contribution is -0.137. The number of hydrogen-bond acceptors (Lipinski definition) is 3. The Morgan fingerprint density at radius 2 is 1.90 bits per heavy atom. The number of nitrogens with zero attached hydrogens (tertiary/aromatic N) is 1. The molecule has 2 N–H and O–H groups in total. The van der Waals surface area contributed by atoms with Crippen LogP contribution in [0.5, 0.6) is 0 Å². The van der Waals surface area contributed by atoms with Gasteiger partial charge in [0.2, 0.25) is 0 Å². The predicted molar refractivity (Wildman–Crippen MR) is 107 cm³/mol. The molecule has 0 unspecified atom stereocenters. The van der Waals surface area contributed by atoms with E-state index in [1.54, 1.807) is 6.20 Å². The van der Waals surface area contributed by atoms with Crippen molar-refractivity contribution in [2.45, 2.75) is 44.8 Å². The first kappa shape index (κ1) is 21.4.